The SMILES string of the molecule is CC1(C)c2ccccc2C2(c3ccccc31)c1cccc(Br)c1-c1c2ccc2ccccc12. The Morgan fingerprint density at radius 2 is 1.03 bits per heavy atom. The van der Waals surface area contributed by atoms with Crippen molar-refractivity contribution >= 4 is 26.7 Å². The third-order valence-corrected chi connectivity index (χ3v) is 8.67. The topological polar surface area (TPSA) is 0 Å². The van der Waals surface area contributed by atoms with E-state index in [0.717, 1.165) is 4.47 Å². The molecule has 0 nitrogen and oxygen atoms in total. The fourth-order valence-electron chi connectivity index (χ4n) is 6.67. The molecule has 1 heteroatoms. The second-order valence-corrected chi connectivity index (χ2v) is 10.7. The summed E-state index contributed by atoms with van der Waals surface area (Å²) in [6, 6.07) is 38.4. The molecule has 5 aromatic carbocycles. The summed E-state index contributed by atoms with van der Waals surface area (Å²) in [6.07, 6.45) is 0. The molecule has 0 saturated carbocycles. The van der Waals surface area contributed by atoms with Crippen LogP contribution in [-0.4, -0.2) is 0 Å². The Morgan fingerprint density at radius 1 is 0.485 bits per heavy atom. The molecule has 0 atom stereocenters. The fraction of sp³-hybridized carbons (Fsp3) is 0.125. The highest BCUT2D eigenvalue weighted by Crippen LogP contribution is 2.63. The molecule has 158 valence electrons. The summed E-state index contributed by atoms with van der Waals surface area (Å²) in [5, 5.41) is 2.60. The minimum Gasteiger partial charge on any atom is -0.0619 e. The molecule has 2 aliphatic carbocycles. The molecular formula is C32H23Br. The Bertz CT molecular complexity index is 1560. The van der Waals surface area contributed by atoms with Gasteiger partial charge in [-0.05, 0) is 55.8 Å². The van der Waals surface area contributed by atoms with E-state index in [9.17, 15) is 0 Å². The van der Waals surface area contributed by atoms with Crippen molar-refractivity contribution in [3.05, 3.63) is 141 Å². The van der Waals surface area contributed by atoms with Crippen molar-refractivity contribution in [2.75, 3.05) is 0 Å². The molecule has 0 fully saturated rings. The van der Waals surface area contributed by atoms with Gasteiger partial charge in [0.2, 0.25) is 0 Å². The summed E-state index contributed by atoms with van der Waals surface area (Å²) in [5.41, 5.74) is 10.7. The lowest BCUT2D eigenvalue weighted by Crippen LogP contribution is -2.40. The molecule has 0 heterocycles. The molecule has 7 rings (SSSR count). The predicted octanol–water partition coefficient (Wildman–Crippen LogP) is 8.60. The van der Waals surface area contributed by atoms with Gasteiger partial charge in [0.05, 0.1) is 5.41 Å². The van der Waals surface area contributed by atoms with Crippen molar-refractivity contribution in [3.8, 4) is 11.1 Å². The third-order valence-electron chi connectivity index (χ3n) is 8.01. The van der Waals surface area contributed by atoms with Gasteiger partial charge in [-0.1, -0.05) is 127 Å². The number of benzene rings is 5. The molecule has 0 radical (unpaired) electrons. The van der Waals surface area contributed by atoms with E-state index in [1.165, 1.54) is 55.3 Å². The summed E-state index contributed by atoms with van der Waals surface area (Å²) >= 11 is 3.96. The van der Waals surface area contributed by atoms with E-state index < -0.39 is 0 Å². The van der Waals surface area contributed by atoms with Gasteiger partial charge in [0, 0.05) is 15.5 Å². The van der Waals surface area contributed by atoms with Crippen molar-refractivity contribution in [2.45, 2.75) is 24.7 Å². The van der Waals surface area contributed by atoms with Crippen LogP contribution in [0.15, 0.2) is 108 Å². The van der Waals surface area contributed by atoms with Gasteiger partial charge in [0.15, 0.2) is 0 Å². The smallest absolute Gasteiger partial charge is 0.0619 e. The minimum atomic E-state index is -0.332. The Morgan fingerprint density at radius 3 is 1.73 bits per heavy atom. The first-order chi connectivity index (χ1) is 16.1. The number of fused-ring (bicyclic) bond motifs is 11. The van der Waals surface area contributed by atoms with Crippen LogP contribution >= 0.6 is 15.9 Å². The molecule has 0 unspecified atom stereocenters. The largest absolute Gasteiger partial charge is 0.0720 e. The molecule has 0 bridgehead atoms. The zero-order chi connectivity index (χ0) is 22.4. The molecule has 33 heavy (non-hydrogen) atoms. The lowest BCUT2D eigenvalue weighted by atomic mass is 9.55. The molecule has 0 N–H and O–H groups in total. The third kappa shape index (κ3) is 2.22. The average Bonchev–Trinajstić information content (AvgIpc) is 3.16. The van der Waals surface area contributed by atoms with Crippen LogP contribution in [0.25, 0.3) is 21.9 Å². The highest BCUT2D eigenvalue weighted by atomic mass is 79.9. The summed E-state index contributed by atoms with van der Waals surface area (Å²) in [4.78, 5) is 0. The lowest BCUT2D eigenvalue weighted by Gasteiger charge is -2.46. The standard InChI is InChI=1S/C32H23Br/c1-31(2)22-12-5-7-14-24(22)32(25-15-8-6-13-23(25)31)26-16-9-17-28(33)30(26)29-21-11-4-3-10-20(21)18-19-27(29)32/h3-19H,1-2H3. The zero-order valence-electron chi connectivity index (χ0n) is 18.7. The van der Waals surface area contributed by atoms with Crippen molar-refractivity contribution in [1.82, 2.24) is 0 Å². The maximum Gasteiger partial charge on any atom is 0.0720 e. The van der Waals surface area contributed by atoms with Crippen LogP contribution in [0.3, 0.4) is 0 Å². The Hall–Kier alpha value is -3.16. The Balaban J connectivity index is 1.77. The molecule has 0 aromatic heterocycles. The van der Waals surface area contributed by atoms with Crippen LogP contribution in [0, 0.1) is 0 Å². The Kier molecular flexibility index (Phi) is 3.78. The van der Waals surface area contributed by atoms with Gasteiger partial charge < -0.3 is 0 Å². The van der Waals surface area contributed by atoms with Crippen LogP contribution in [-0.2, 0) is 10.8 Å². The summed E-state index contributed by atoms with van der Waals surface area (Å²) in [5.74, 6) is 0. The van der Waals surface area contributed by atoms with E-state index in [4.69, 9.17) is 0 Å². The quantitative estimate of drug-likeness (QED) is 0.201. The predicted molar refractivity (Wildman–Crippen MR) is 141 cm³/mol. The van der Waals surface area contributed by atoms with Crippen molar-refractivity contribution < 1.29 is 0 Å². The van der Waals surface area contributed by atoms with Gasteiger partial charge in [0.1, 0.15) is 0 Å². The zero-order valence-corrected chi connectivity index (χ0v) is 20.3. The monoisotopic (exact) mass is 486 g/mol. The van der Waals surface area contributed by atoms with E-state index in [-0.39, 0.29) is 10.8 Å². The maximum absolute atomic E-state index is 3.96. The Labute approximate surface area is 203 Å². The average molecular weight is 487 g/mol. The minimum absolute atomic E-state index is 0.0653. The van der Waals surface area contributed by atoms with Crippen LogP contribution in [0.4, 0.5) is 0 Å². The van der Waals surface area contributed by atoms with Crippen LogP contribution < -0.4 is 0 Å². The van der Waals surface area contributed by atoms with Crippen LogP contribution in [0.2, 0.25) is 0 Å². The normalized spacial score (nSPS) is 16.2. The van der Waals surface area contributed by atoms with E-state index in [1.807, 2.05) is 0 Å². The first kappa shape index (κ1) is 19.3. The molecule has 0 amide bonds. The van der Waals surface area contributed by atoms with Gasteiger partial charge in [0.25, 0.3) is 0 Å². The first-order valence-corrected chi connectivity index (χ1v) is 12.4. The number of hydrogen-bond donors (Lipinski definition) is 0. The molecule has 0 saturated heterocycles. The highest BCUT2D eigenvalue weighted by Gasteiger charge is 2.53. The van der Waals surface area contributed by atoms with Crippen molar-refractivity contribution in [1.29, 1.82) is 0 Å². The van der Waals surface area contributed by atoms with Gasteiger partial charge in [-0.3, -0.25) is 0 Å². The summed E-state index contributed by atoms with van der Waals surface area (Å²) in [7, 11) is 0. The number of rotatable bonds is 0. The molecule has 0 aliphatic heterocycles. The van der Waals surface area contributed by atoms with Crippen molar-refractivity contribution in [3.63, 3.8) is 0 Å². The van der Waals surface area contributed by atoms with Gasteiger partial charge in [-0.15, -0.1) is 0 Å². The van der Waals surface area contributed by atoms with E-state index in [0.29, 0.717) is 0 Å². The summed E-state index contributed by atoms with van der Waals surface area (Å²) < 4.78 is 1.16. The second-order valence-electron chi connectivity index (χ2n) is 9.84. The van der Waals surface area contributed by atoms with Crippen molar-refractivity contribution in [2.24, 2.45) is 0 Å². The van der Waals surface area contributed by atoms with Gasteiger partial charge in [-0.2, -0.15) is 0 Å². The highest BCUT2D eigenvalue weighted by molar-refractivity contribution is 9.10. The fourth-order valence-corrected chi connectivity index (χ4v) is 7.23. The lowest BCUT2D eigenvalue weighted by molar-refractivity contribution is 0.563. The molecule has 5 aromatic rings. The number of halogens is 1. The molecule has 1 spiro atoms. The number of hydrogen-bond acceptors (Lipinski definition) is 0. The van der Waals surface area contributed by atoms with Gasteiger partial charge >= 0.3 is 0 Å². The maximum atomic E-state index is 3.96. The first-order valence-electron chi connectivity index (χ1n) is 11.6. The molecule has 2 aliphatic rings. The van der Waals surface area contributed by atoms with Crippen LogP contribution in [0.5, 0.6) is 0 Å². The summed E-state index contributed by atoms with van der Waals surface area (Å²) in [6.45, 7) is 4.74. The van der Waals surface area contributed by atoms with E-state index in [2.05, 4.69) is 133 Å². The van der Waals surface area contributed by atoms with Gasteiger partial charge in [-0.25, -0.2) is 0 Å². The van der Waals surface area contributed by atoms with E-state index >= 15 is 0 Å². The molecular weight excluding hydrogens is 464 g/mol. The van der Waals surface area contributed by atoms with E-state index in [1.54, 1.807) is 0 Å². The van der Waals surface area contributed by atoms with Crippen LogP contribution in [0.1, 0.15) is 47.2 Å². The second kappa shape index (κ2) is 6.46.